The second-order valence-corrected chi connectivity index (χ2v) is 6.42. The van der Waals surface area contributed by atoms with Gasteiger partial charge < -0.3 is 10.2 Å². The van der Waals surface area contributed by atoms with Crippen molar-refractivity contribution in [3.05, 3.63) is 36.7 Å². The monoisotopic (exact) mass is 341 g/mol. The van der Waals surface area contributed by atoms with Crippen LogP contribution in [0, 0.1) is 0 Å². The van der Waals surface area contributed by atoms with Crippen LogP contribution in [-0.4, -0.2) is 69.4 Å². The standard InChI is InChI=1S/C17H23N7O/c1-23(2)16(25)11-24-7-3-4-13(10-24)15-5-6-20-17(22-15)21-14-8-18-12-19-9-14/h5-6,8-9,12-13H,3-4,7,10-11H2,1-2H3,(H,20,21,22)/t13-/m0/s1. The van der Waals surface area contributed by atoms with Gasteiger partial charge in [0, 0.05) is 32.8 Å². The molecule has 2 aromatic rings. The first-order valence-corrected chi connectivity index (χ1v) is 8.39. The third kappa shape index (κ3) is 4.69. The van der Waals surface area contributed by atoms with E-state index >= 15 is 0 Å². The van der Waals surface area contributed by atoms with Crippen molar-refractivity contribution in [1.82, 2.24) is 29.7 Å². The molecule has 1 amide bonds. The molecule has 1 fully saturated rings. The molecule has 1 aliphatic rings. The molecule has 25 heavy (non-hydrogen) atoms. The first-order valence-electron chi connectivity index (χ1n) is 8.39. The molecule has 8 heteroatoms. The van der Waals surface area contributed by atoms with Gasteiger partial charge in [-0.15, -0.1) is 0 Å². The number of piperidine rings is 1. The maximum atomic E-state index is 11.9. The van der Waals surface area contributed by atoms with Gasteiger partial charge in [0.05, 0.1) is 30.3 Å². The minimum atomic E-state index is 0.134. The molecule has 1 saturated heterocycles. The van der Waals surface area contributed by atoms with Crippen LogP contribution in [0.15, 0.2) is 31.0 Å². The minimum absolute atomic E-state index is 0.134. The predicted molar refractivity (Wildman–Crippen MR) is 94.5 cm³/mol. The number of nitrogens with one attached hydrogen (secondary N) is 1. The summed E-state index contributed by atoms with van der Waals surface area (Å²) in [6, 6.07) is 1.95. The van der Waals surface area contributed by atoms with E-state index in [0.29, 0.717) is 18.4 Å². The lowest BCUT2D eigenvalue weighted by Crippen LogP contribution is -2.41. The quantitative estimate of drug-likeness (QED) is 0.876. The van der Waals surface area contributed by atoms with Crippen LogP contribution in [0.25, 0.3) is 0 Å². The third-order valence-electron chi connectivity index (χ3n) is 4.28. The van der Waals surface area contributed by atoms with E-state index in [9.17, 15) is 4.79 Å². The Morgan fingerprint density at radius 3 is 2.92 bits per heavy atom. The van der Waals surface area contributed by atoms with Gasteiger partial charge in [0.1, 0.15) is 6.33 Å². The zero-order valence-corrected chi connectivity index (χ0v) is 14.6. The highest BCUT2D eigenvalue weighted by atomic mass is 16.2. The zero-order chi connectivity index (χ0) is 17.6. The van der Waals surface area contributed by atoms with Crippen LogP contribution in [0.5, 0.6) is 0 Å². The predicted octanol–water partition coefficient (Wildman–Crippen LogP) is 1.28. The average Bonchev–Trinajstić information content (AvgIpc) is 2.63. The smallest absolute Gasteiger partial charge is 0.236 e. The number of anilines is 2. The van der Waals surface area contributed by atoms with Crippen LogP contribution < -0.4 is 5.32 Å². The summed E-state index contributed by atoms with van der Waals surface area (Å²) in [6.07, 6.45) is 8.73. The number of likely N-dealkylation sites (tertiary alicyclic amines) is 1. The highest BCUT2D eigenvalue weighted by molar-refractivity contribution is 5.77. The van der Waals surface area contributed by atoms with E-state index in [-0.39, 0.29) is 5.91 Å². The van der Waals surface area contributed by atoms with Gasteiger partial charge >= 0.3 is 0 Å². The molecule has 3 rings (SSSR count). The van der Waals surface area contributed by atoms with Crippen molar-refractivity contribution < 1.29 is 4.79 Å². The van der Waals surface area contributed by atoms with Gasteiger partial charge in [0.15, 0.2) is 0 Å². The maximum Gasteiger partial charge on any atom is 0.236 e. The first-order chi connectivity index (χ1) is 12.1. The van der Waals surface area contributed by atoms with E-state index in [0.717, 1.165) is 37.3 Å². The molecule has 0 unspecified atom stereocenters. The van der Waals surface area contributed by atoms with Crippen molar-refractivity contribution in [1.29, 1.82) is 0 Å². The summed E-state index contributed by atoms with van der Waals surface area (Å²) in [5.41, 5.74) is 1.75. The Bertz CT molecular complexity index is 707. The molecule has 3 heterocycles. The summed E-state index contributed by atoms with van der Waals surface area (Å²) in [5, 5.41) is 3.12. The minimum Gasteiger partial charge on any atom is -0.348 e. The van der Waals surface area contributed by atoms with Crippen molar-refractivity contribution >= 4 is 17.5 Å². The molecule has 1 atom stereocenters. The number of rotatable bonds is 5. The normalized spacial score (nSPS) is 17.9. The molecular weight excluding hydrogens is 318 g/mol. The van der Waals surface area contributed by atoms with E-state index in [2.05, 4.69) is 30.2 Å². The van der Waals surface area contributed by atoms with Crippen molar-refractivity contribution in [3.63, 3.8) is 0 Å². The molecule has 0 saturated carbocycles. The van der Waals surface area contributed by atoms with E-state index in [1.165, 1.54) is 6.33 Å². The highest BCUT2D eigenvalue weighted by Crippen LogP contribution is 2.26. The van der Waals surface area contributed by atoms with Crippen LogP contribution in [0.1, 0.15) is 24.5 Å². The molecule has 0 spiro atoms. The summed E-state index contributed by atoms with van der Waals surface area (Å²) in [5.74, 6) is 0.975. The lowest BCUT2D eigenvalue weighted by atomic mass is 9.94. The number of likely N-dealkylation sites (N-methyl/N-ethyl adjacent to an activating group) is 1. The third-order valence-corrected chi connectivity index (χ3v) is 4.28. The number of nitrogens with zero attached hydrogens (tertiary/aromatic N) is 6. The van der Waals surface area contributed by atoms with E-state index in [1.54, 1.807) is 37.6 Å². The lowest BCUT2D eigenvalue weighted by Gasteiger charge is -2.32. The topological polar surface area (TPSA) is 87.1 Å². The van der Waals surface area contributed by atoms with Crippen LogP contribution >= 0.6 is 0 Å². The molecule has 0 aliphatic carbocycles. The number of carbonyl (C=O) groups is 1. The highest BCUT2D eigenvalue weighted by Gasteiger charge is 2.24. The Hall–Kier alpha value is -2.61. The SMILES string of the molecule is CN(C)C(=O)CN1CCC[C@H](c2ccnc(Nc3cncnc3)n2)C1. The summed E-state index contributed by atoms with van der Waals surface area (Å²) in [4.78, 5) is 32.6. The molecule has 132 valence electrons. The summed E-state index contributed by atoms with van der Waals surface area (Å²) in [6.45, 7) is 2.25. The number of hydrogen-bond donors (Lipinski definition) is 1. The zero-order valence-electron chi connectivity index (χ0n) is 14.6. The van der Waals surface area contributed by atoms with Crippen LogP contribution in [0.2, 0.25) is 0 Å². The first kappa shape index (κ1) is 17.2. The van der Waals surface area contributed by atoms with E-state index in [4.69, 9.17) is 0 Å². The van der Waals surface area contributed by atoms with E-state index in [1.807, 2.05) is 6.07 Å². The van der Waals surface area contributed by atoms with Gasteiger partial charge in [-0.05, 0) is 25.5 Å². The van der Waals surface area contributed by atoms with Crippen molar-refractivity contribution in [2.45, 2.75) is 18.8 Å². The second-order valence-electron chi connectivity index (χ2n) is 6.42. The molecule has 2 aromatic heterocycles. The molecular formula is C17H23N7O. The fraction of sp³-hybridized carbons (Fsp3) is 0.471. The molecule has 0 bridgehead atoms. The number of carbonyl (C=O) groups excluding carboxylic acids is 1. The van der Waals surface area contributed by atoms with Crippen LogP contribution in [0.4, 0.5) is 11.6 Å². The Kier molecular flexibility index (Phi) is 5.49. The van der Waals surface area contributed by atoms with Gasteiger partial charge in [-0.1, -0.05) is 0 Å². The average molecular weight is 341 g/mol. The van der Waals surface area contributed by atoms with Gasteiger partial charge in [-0.25, -0.2) is 19.9 Å². The number of aromatic nitrogens is 4. The van der Waals surface area contributed by atoms with Crippen molar-refractivity contribution in [2.24, 2.45) is 0 Å². The molecule has 0 radical (unpaired) electrons. The van der Waals surface area contributed by atoms with Gasteiger partial charge in [0.25, 0.3) is 0 Å². The summed E-state index contributed by atoms with van der Waals surface area (Å²) < 4.78 is 0. The van der Waals surface area contributed by atoms with Gasteiger partial charge in [-0.3, -0.25) is 9.69 Å². The second kappa shape index (κ2) is 7.98. The van der Waals surface area contributed by atoms with Crippen molar-refractivity contribution in [3.8, 4) is 0 Å². The Balaban J connectivity index is 1.67. The van der Waals surface area contributed by atoms with E-state index < -0.39 is 0 Å². The lowest BCUT2D eigenvalue weighted by molar-refractivity contribution is -0.130. The Labute approximate surface area is 147 Å². The maximum absolute atomic E-state index is 11.9. The fourth-order valence-electron chi connectivity index (χ4n) is 2.93. The number of amides is 1. The summed E-state index contributed by atoms with van der Waals surface area (Å²) >= 11 is 0. The van der Waals surface area contributed by atoms with Crippen LogP contribution in [-0.2, 0) is 4.79 Å². The molecule has 8 nitrogen and oxygen atoms in total. The molecule has 0 aromatic carbocycles. The number of hydrogen-bond acceptors (Lipinski definition) is 7. The fourth-order valence-corrected chi connectivity index (χ4v) is 2.93. The van der Waals surface area contributed by atoms with Crippen LogP contribution in [0.3, 0.4) is 0 Å². The van der Waals surface area contributed by atoms with Gasteiger partial charge in [0.2, 0.25) is 11.9 Å². The Morgan fingerprint density at radius 1 is 1.36 bits per heavy atom. The van der Waals surface area contributed by atoms with Crippen molar-refractivity contribution in [2.75, 3.05) is 39.0 Å². The molecule has 1 N–H and O–H groups in total. The summed E-state index contributed by atoms with van der Waals surface area (Å²) in [7, 11) is 3.58. The van der Waals surface area contributed by atoms with Gasteiger partial charge in [-0.2, -0.15) is 0 Å². The Morgan fingerprint density at radius 2 is 2.16 bits per heavy atom. The largest absolute Gasteiger partial charge is 0.348 e. The molecule has 1 aliphatic heterocycles.